The van der Waals surface area contributed by atoms with Crippen molar-refractivity contribution in [3.63, 3.8) is 0 Å². The third kappa shape index (κ3) is 5.69. The van der Waals surface area contributed by atoms with Crippen LogP contribution in [0, 0.1) is 0 Å². The summed E-state index contributed by atoms with van der Waals surface area (Å²) in [5, 5.41) is 7.07. The molecule has 6 heteroatoms. The van der Waals surface area contributed by atoms with Gasteiger partial charge in [-0.2, -0.15) is 0 Å². The van der Waals surface area contributed by atoms with Gasteiger partial charge in [-0.3, -0.25) is 0 Å². The zero-order valence-corrected chi connectivity index (χ0v) is 20.4. The van der Waals surface area contributed by atoms with Crippen LogP contribution >= 0.6 is 0 Å². The first-order chi connectivity index (χ1) is 14.0. The van der Waals surface area contributed by atoms with Gasteiger partial charge >= 0.3 is 0 Å². The highest BCUT2D eigenvalue weighted by molar-refractivity contribution is 7.89. The van der Waals surface area contributed by atoms with Crippen LogP contribution in [-0.4, -0.2) is 28.1 Å². The molecule has 0 spiro atoms. The molecule has 30 heavy (non-hydrogen) atoms. The van der Waals surface area contributed by atoms with E-state index in [9.17, 15) is 8.42 Å². The van der Waals surface area contributed by atoms with Gasteiger partial charge in [0.1, 0.15) is 0 Å². The van der Waals surface area contributed by atoms with E-state index in [0.29, 0.717) is 19.3 Å². The van der Waals surface area contributed by atoms with Gasteiger partial charge in [-0.1, -0.05) is 87.5 Å². The number of allylic oxidation sites excluding steroid dienone is 1. The summed E-state index contributed by atoms with van der Waals surface area (Å²) in [6.45, 7) is 12.3. The molecule has 2 N–H and O–H groups in total. The Bertz CT molecular complexity index is 869. The number of hydrogen-bond donors (Lipinski definition) is 1. The first-order valence-corrected chi connectivity index (χ1v) is 14.0. The van der Waals surface area contributed by atoms with Crippen molar-refractivity contribution < 1.29 is 12.8 Å². The lowest BCUT2D eigenvalue weighted by atomic mass is 10.1. The van der Waals surface area contributed by atoms with Crippen LogP contribution in [-0.2, 0) is 14.4 Å². The van der Waals surface area contributed by atoms with E-state index < -0.39 is 23.6 Å². The highest BCUT2D eigenvalue weighted by Gasteiger charge is 2.51. The number of benzene rings is 2. The normalized spacial score (nSPS) is 14.8. The molecule has 0 saturated heterocycles. The Morgan fingerprint density at radius 1 is 1.03 bits per heavy atom. The SMILES string of the molecule is C=CCC[C@@H](C[C@@H](C)O[Si](c1ccccc1)(c1ccccc1)C(C)(C)C)S(N)(=O)=O. The fourth-order valence-corrected chi connectivity index (χ4v) is 9.85. The highest BCUT2D eigenvalue weighted by atomic mass is 32.2. The highest BCUT2D eigenvalue weighted by Crippen LogP contribution is 2.38. The van der Waals surface area contributed by atoms with Crippen LogP contribution in [0.15, 0.2) is 73.3 Å². The van der Waals surface area contributed by atoms with Gasteiger partial charge in [-0.15, -0.1) is 6.58 Å². The average Bonchev–Trinajstić information content (AvgIpc) is 2.69. The van der Waals surface area contributed by atoms with Gasteiger partial charge in [-0.05, 0) is 41.6 Å². The maximum absolute atomic E-state index is 12.2. The minimum absolute atomic E-state index is 0.165. The summed E-state index contributed by atoms with van der Waals surface area (Å²) in [5.41, 5.74) is 0. The minimum Gasteiger partial charge on any atom is -0.405 e. The van der Waals surface area contributed by atoms with E-state index in [1.807, 2.05) is 43.3 Å². The van der Waals surface area contributed by atoms with E-state index in [1.165, 1.54) is 10.4 Å². The number of nitrogens with two attached hydrogens (primary N) is 1. The topological polar surface area (TPSA) is 69.4 Å². The molecule has 0 fully saturated rings. The standard InChI is InChI=1S/C24H35NO3SSi/c1-6-7-14-21(29(25,26)27)19-20(2)28-30(24(3,4)5,22-15-10-8-11-16-22)23-17-12-9-13-18-23/h6,8-13,15-18,20-21H,1,7,14,19H2,2-5H3,(H2,25,26,27)/t20-,21+/m1/s1. The smallest absolute Gasteiger partial charge is 0.261 e. The molecule has 2 rings (SSSR count). The largest absolute Gasteiger partial charge is 0.405 e. The number of primary sulfonamides is 1. The van der Waals surface area contributed by atoms with Gasteiger partial charge < -0.3 is 4.43 Å². The molecule has 0 aliphatic rings. The molecule has 2 atom stereocenters. The van der Waals surface area contributed by atoms with Crippen molar-refractivity contribution in [3.8, 4) is 0 Å². The lowest BCUT2D eigenvalue weighted by Gasteiger charge is -2.45. The zero-order chi connectivity index (χ0) is 22.4. The van der Waals surface area contributed by atoms with Crippen molar-refractivity contribution in [1.29, 1.82) is 0 Å². The molecule has 0 heterocycles. The van der Waals surface area contributed by atoms with E-state index in [2.05, 4.69) is 51.6 Å². The Morgan fingerprint density at radius 3 is 1.87 bits per heavy atom. The van der Waals surface area contributed by atoms with Crippen molar-refractivity contribution in [1.82, 2.24) is 0 Å². The van der Waals surface area contributed by atoms with E-state index in [4.69, 9.17) is 9.56 Å². The second-order valence-electron chi connectivity index (χ2n) is 8.90. The van der Waals surface area contributed by atoms with Crippen LogP contribution in [0.3, 0.4) is 0 Å². The van der Waals surface area contributed by atoms with E-state index in [0.717, 1.165) is 0 Å². The van der Waals surface area contributed by atoms with Crippen molar-refractivity contribution in [3.05, 3.63) is 73.3 Å². The maximum Gasteiger partial charge on any atom is 0.261 e. The van der Waals surface area contributed by atoms with Gasteiger partial charge in [0.05, 0.1) is 5.25 Å². The van der Waals surface area contributed by atoms with E-state index in [-0.39, 0.29) is 11.1 Å². The zero-order valence-electron chi connectivity index (χ0n) is 18.5. The molecule has 4 nitrogen and oxygen atoms in total. The monoisotopic (exact) mass is 445 g/mol. The Labute approximate surface area is 183 Å². The van der Waals surface area contributed by atoms with Crippen LogP contribution in [0.25, 0.3) is 0 Å². The van der Waals surface area contributed by atoms with Crippen LogP contribution in [0.4, 0.5) is 0 Å². The van der Waals surface area contributed by atoms with Crippen molar-refractivity contribution in [2.24, 2.45) is 5.14 Å². The van der Waals surface area contributed by atoms with Crippen molar-refractivity contribution >= 4 is 28.7 Å². The summed E-state index contributed by atoms with van der Waals surface area (Å²) in [7, 11) is -6.39. The predicted molar refractivity (Wildman–Crippen MR) is 129 cm³/mol. The van der Waals surface area contributed by atoms with Gasteiger partial charge in [0.25, 0.3) is 8.32 Å². The molecule has 0 bridgehead atoms. The number of sulfonamides is 1. The Morgan fingerprint density at radius 2 is 1.50 bits per heavy atom. The second kappa shape index (κ2) is 10.0. The van der Waals surface area contributed by atoms with Gasteiger partial charge in [0.2, 0.25) is 10.0 Å². The summed E-state index contributed by atoms with van der Waals surface area (Å²) in [4.78, 5) is 0. The second-order valence-corrected chi connectivity index (χ2v) is 15.0. The molecule has 0 unspecified atom stereocenters. The van der Waals surface area contributed by atoms with E-state index >= 15 is 0 Å². The minimum atomic E-state index is -3.66. The van der Waals surface area contributed by atoms with Crippen LogP contribution < -0.4 is 15.5 Å². The molecule has 0 saturated carbocycles. The average molecular weight is 446 g/mol. The van der Waals surface area contributed by atoms with E-state index in [1.54, 1.807) is 6.08 Å². The third-order valence-corrected chi connectivity index (χ3v) is 12.1. The summed E-state index contributed by atoms with van der Waals surface area (Å²) in [6, 6.07) is 20.7. The molecule has 164 valence electrons. The molecule has 2 aromatic rings. The van der Waals surface area contributed by atoms with Gasteiger partial charge in [-0.25, -0.2) is 13.6 Å². The lowest BCUT2D eigenvalue weighted by molar-refractivity contribution is 0.193. The van der Waals surface area contributed by atoms with Crippen molar-refractivity contribution in [2.45, 2.75) is 63.3 Å². The van der Waals surface area contributed by atoms with Gasteiger partial charge in [0.15, 0.2) is 0 Å². The molecular formula is C24H35NO3SSi. The molecule has 2 aromatic carbocycles. The summed E-state index contributed by atoms with van der Waals surface area (Å²) < 4.78 is 31.3. The first-order valence-electron chi connectivity index (χ1n) is 10.4. The molecule has 0 amide bonds. The fourth-order valence-electron chi connectivity index (χ4n) is 4.13. The molecule has 0 aromatic heterocycles. The molecule has 0 radical (unpaired) electrons. The number of rotatable bonds is 10. The Kier molecular flexibility index (Phi) is 8.22. The summed E-state index contributed by atoms with van der Waals surface area (Å²) >= 11 is 0. The third-order valence-electron chi connectivity index (χ3n) is 5.55. The molecule has 0 aliphatic heterocycles. The fraction of sp³-hybridized carbons (Fsp3) is 0.417. The predicted octanol–water partition coefficient (Wildman–Crippen LogP) is 3.96. The summed E-state index contributed by atoms with van der Waals surface area (Å²) in [6.07, 6.45) is 2.87. The Balaban J connectivity index is 2.51. The van der Waals surface area contributed by atoms with Crippen LogP contribution in [0.5, 0.6) is 0 Å². The molecule has 0 aliphatic carbocycles. The molecular weight excluding hydrogens is 410 g/mol. The summed E-state index contributed by atoms with van der Waals surface area (Å²) in [5.74, 6) is 0. The quantitative estimate of drug-likeness (QED) is 0.444. The van der Waals surface area contributed by atoms with Crippen molar-refractivity contribution in [2.75, 3.05) is 0 Å². The number of hydrogen-bond acceptors (Lipinski definition) is 3. The van der Waals surface area contributed by atoms with Crippen LogP contribution in [0.1, 0.15) is 47.0 Å². The Hall–Kier alpha value is -1.73. The van der Waals surface area contributed by atoms with Gasteiger partial charge in [0, 0.05) is 6.10 Å². The first kappa shape index (κ1) is 24.5. The maximum atomic E-state index is 12.2. The lowest BCUT2D eigenvalue weighted by Crippen LogP contribution is -2.67. The van der Waals surface area contributed by atoms with Crippen LogP contribution in [0.2, 0.25) is 5.04 Å².